The fourth-order valence-electron chi connectivity index (χ4n) is 3.14. The molecule has 2 unspecified atom stereocenters. The van der Waals surface area contributed by atoms with Crippen LogP contribution >= 0.6 is 0 Å². The van der Waals surface area contributed by atoms with Crippen LogP contribution in [-0.2, 0) is 4.79 Å². The van der Waals surface area contributed by atoms with E-state index in [-0.39, 0.29) is 17.4 Å². The Kier molecular flexibility index (Phi) is 4.07. The Morgan fingerprint density at radius 2 is 2.11 bits per heavy atom. The van der Waals surface area contributed by atoms with E-state index in [1.165, 1.54) is 0 Å². The smallest absolute Gasteiger partial charge is 0.230 e. The molecule has 102 valence electrons. The van der Waals surface area contributed by atoms with Crippen LogP contribution in [0.25, 0.3) is 0 Å². The highest BCUT2D eigenvalue weighted by Gasteiger charge is 2.45. The van der Waals surface area contributed by atoms with Crippen molar-refractivity contribution in [1.82, 2.24) is 9.80 Å². The van der Waals surface area contributed by atoms with Gasteiger partial charge in [-0.1, -0.05) is 12.5 Å². The zero-order valence-electron chi connectivity index (χ0n) is 11.4. The molecule has 1 saturated carbocycles. The number of hydrogen-bond acceptors (Lipinski definition) is 3. The van der Waals surface area contributed by atoms with Gasteiger partial charge < -0.3 is 10.6 Å². The van der Waals surface area contributed by atoms with E-state index in [1.807, 2.05) is 17.9 Å². The highest BCUT2D eigenvalue weighted by Crippen LogP contribution is 2.38. The molecule has 2 atom stereocenters. The minimum atomic E-state index is -0.319. The Bertz CT molecular complexity index is 323. The molecular weight excluding hydrogens is 226 g/mol. The first kappa shape index (κ1) is 13.6. The summed E-state index contributed by atoms with van der Waals surface area (Å²) in [5, 5.41) is 0. The monoisotopic (exact) mass is 251 g/mol. The quantitative estimate of drug-likeness (QED) is 0.756. The minimum Gasteiger partial charge on any atom is -0.340 e. The number of nitrogens with two attached hydrogens (primary N) is 1. The largest absolute Gasteiger partial charge is 0.340 e. The molecule has 0 aromatic heterocycles. The topological polar surface area (TPSA) is 49.6 Å². The second-order valence-corrected chi connectivity index (χ2v) is 5.80. The first-order valence-corrected chi connectivity index (χ1v) is 6.96. The number of hydrogen-bond donors (Lipinski definition) is 1. The summed E-state index contributed by atoms with van der Waals surface area (Å²) in [6.45, 7) is 10.3. The second kappa shape index (κ2) is 5.41. The summed E-state index contributed by atoms with van der Waals surface area (Å²) < 4.78 is 0. The van der Waals surface area contributed by atoms with E-state index in [1.54, 1.807) is 0 Å². The average Bonchev–Trinajstić information content (AvgIpc) is 2.71. The molecule has 1 amide bonds. The van der Waals surface area contributed by atoms with Crippen molar-refractivity contribution in [2.45, 2.75) is 32.2 Å². The Hall–Kier alpha value is -0.870. The third kappa shape index (κ3) is 2.45. The van der Waals surface area contributed by atoms with E-state index in [0.717, 1.165) is 52.0 Å². The van der Waals surface area contributed by atoms with Crippen molar-refractivity contribution in [2.24, 2.45) is 11.1 Å². The Labute approximate surface area is 110 Å². The zero-order chi connectivity index (χ0) is 13.2. The minimum absolute atomic E-state index is 0.0382. The highest BCUT2D eigenvalue weighted by molar-refractivity contribution is 5.83. The molecule has 2 fully saturated rings. The lowest BCUT2D eigenvalue weighted by molar-refractivity contribution is -0.143. The molecule has 2 rings (SSSR count). The molecule has 4 nitrogen and oxygen atoms in total. The number of carbonyl (C=O) groups is 1. The molecule has 0 radical (unpaired) electrons. The molecule has 0 aromatic rings. The van der Waals surface area contributed by atoms with Crippen molar-refractivity contribution in [2.75, 3.05) is 32.7 Å². The van der Waals surface area contributed by atoms with Gasteiger partial charge in [0.2, 0.25) is 5.91 Å². The summed E-state index contributed by atoms with van der Waals surface area (Å²) in [5.74, 6) is 0.269. The summed E-state index contributed by atoms with van der Waals surface area (Å²) in [6, 6.07) is 0.0382. The molecule has 0 spiro atoms. The number of rotatable bonds is 3. The molecule has 0 aromatic carbocycles. The number of piperazine rings is 1. The first-order chi connectivity index (χ1) is 8.58. The van der Waals surface area contributed by atoms with Gasteiger partial charge in [-0.05, 0) is 19.8 Å². The third-order valence-corrected chi connectivity index (χ3v) is 4.56. The normalized spacial score (nSPS) is 33.7. The van der Waals surface area contributed by atoms with Gasteiger partial charge in [0.15, 0.2) is 0 Å². The summed E-state index contributed by atoms with van der Waals surface area (Å²) >= 11 is 0. The van der Waals surface area contributed by atoms with Crippen LogP contribution in [0.3, 0.4) is 0 Å². The molecule has 18 heavy (non-hydrogen) atoms. The average molecular weight is 251 g/mol. The maximum atomic E-state index is 12.6. The van der Waals surface area contributed by atoms with Crippen LogP contribution in [0.2, 0.25) is 0 Å². The van der Waals surface area contributed by atoms with Gasteiger partial charge >= 0.3 is 0 Å². The van der Waals surface area contributed by atoms with Gasteiger partial charge in [0, 0.05) is 38.8 Å². The SMILES string of the molecule is C=CCN1CCN(C(=O)C2(C)CCCC2N)CC1. The molecule has 1 heterocycles. The van der Waals surface area contributed by atoms with Crippen LogP contribution in [0.4, 0.5) is 0 Å². The predicted octanol–water partition coefficient (Wildman–Crippen LogP) is 0.834. The number of amides is 1. The van der Waals surface area contributed by atoms with E-state index in [0.29, 0.717) is 0 Å². The molecule has 4 heteroatoms. The molecule has 0 bridgehead atoms. The Morgan fingerprint density at radius 1 is 1.44 bits per heavy atom. The number of carbonyl (C=O) groups excluding carboxylic acids is 1. The van der Waals surface area contributed by atoms with Crippen molar-refractivity contribution in [3.05, 3.63) is 12.7 Å². The highest BCUT2D eigenvalue weighted by atomic mass is 16.2. The lowest BCUT2D eigenvalue weighted by Crippen LogP contribution is -2.55. The molecular formula is C14H25N3O. The van der Waals surface area contributed by atoms with Crippen molar-refractivity contribution < 1.29 is 4.79 Å². The van der Waals surface area contributed by atoms with Gasteiger partial charge in [-0.3, -0.25) is 9.69 Å². The van der Waals surface area contributed by atoms with Crippen LogP contribution in [0.1, 0.15) is 26.2 Å². The van der Waals surface area contributed by atoms with Gasteiger partial charge in [-0.2, -0.15) is 0 Å². The fraction of sp³-hybridized carbons (Fsp3) is 0.786. The Morgan fingerprint density at radius 3 is 2.61 bits per heavy atom. The summed E-state index contributed by atoms with van der Waals surface area (Å²) in [4.78, 5) is 16.9. The van der Waals surface area contributed by atoms with E-state index < -0.39 is 0 Å². The van der Waals surface area contributed by atoms with Gasteiger partial charge in [0.1, 0.15) is 0 Å². The molecule has 2 N–H and O–H groups in total. The van der Waals surface area contributed by atoms with Crippen molar-refractivity contribution >= 4 is 5.91 Å². The summed E-state index contributed by atoms with van der Waals surface area (Å²) in [6.07, 6.45) is 4.93. The lowest BCUT2D eigenvalue weighted by Gasteiger charge is -2.39. The lowest BCUT2D eigenvalue weighted by atomic mass is 9.83. The molecule has 1 saturated heterocycles. The van der Waals surface area contributed by atoms with E-state index >= 15 is 0 Å². The maximum absolute atomic E-state index is 12.6. The third-order valence-electron chi connectivity index (χ3n) is 4.56. The van der Waals surface area contributed by atoms with Crippen LogP contribution in [0, 0.1) is 5.41 Å². The molecule has 2 aliphatic rings. The van der Waals surface area contributed by atoms with Gasteiger partial charge in [-0.25, -0.2) is 0 Å². The van der Waals surface area contributed by atoms with Gasteiger partial charge in [0.05, 0.1) is 5.41 Å². The second-order valence-electron chi connectivity index (χ2n) is 5.80. The van der Waals surface area contributed by atoms with Crippen LogP contribution < -0.4 is 5.73 Å². The van der Waals surface area contributed by atoms with Crippen molar-refractivity contribution in [3.8, 4) is 0 Å². The fourth-order valence-corrected chi connectivity index (χ4v) is 3.14. The molecule has 1 aliphatic heterocycles. The molecule has 1 aliphatic carbocycles. The van der Waals surface area contributed by atoms with Crippen LogP contribution in [-0.4, -0.2) is 54.5 Å². The standard InChI is InChI=1S/C14H25N3O/c1-3-7-16-8-10-17(11-9-16)13(18)14(2)6-4-5-12(14)15/h3,12H,1,4-11,15H2,2H3. The van der Waals surface area contributed by atoms with Crippen LogP contribution in [0.15, 0.2) is 12.7 Å². The van der Waals surface area contributed by atoms with Crippen molar-refractivity contribution in [3.63, 3.8) is 0 Å². The van der Waals surface area contributed by atoms with Gasteiger partial charge in [-0.15, -0.1) is 6.58 Å². The summed E-state index contributed by atoms with van der Waals surface area (Å²) in [7, 11) is 0. The first-order valence-electron chi connectivity index (χ1n) is 6.96. The number of nitrogens with zero attached hydrogens (tertiary/aromatic N) is 2. The Balaban J connectivity index is 1.93. The predicted molar refractivity (Wildman–Crippen MR) is 73.2 cm³/mol. The maximum Gasteiger partial charge on any atom is 0.230 e. The van der Waals surface area contributed by atoms with E-state index in [4.69, 9.17) is 5.73 Å². The summed E-state index contributed by atoms with van der Waals surface area (Å²) in [5.41, 5.74) is 5.81. The van der Waals surface area contributed by atoms with Crippen LogP contribution in [0.5, 0.6) is 0 Å². The van der Waals surface area contributed by atoms with E-state index in [9.17, 15) is 4.79 Å². The van der Waals surface area contributed by atoms with Crippen molar-refractivity contribution in [1.29, 1.82) is 0 Å². The van der Waals surface area contributed by atoms with Gasteiger partial charge in [0.25, 0.3) is 0 Å². The zero-order valence-corrected chi connectivity index (χ0v) is 11.4. The van der Waals surface area contributed by atoms with E-state index in [2.05, 4.69) is 11.5 Å².